The van der Waals surface area contributed by atoms with Crippen molar-refractivity contribution in [2.75, 3.05) is 45.9 Å². The molecule has 0 saturated carbocycles. The van der Waals surface area contributed by atoms with E-state index in [0.717, 1.165) is 67.2 Å². The van der Waals surface area contributed by atoms with Crippen LogP contribution in [0, 0.1) is 0 Å². The molecule has 10 nitrogen and oxygen atoms in total. The Kier molecular flexibility index (Phi) is 11.4. The molecule has 2 fully saturated rings. The molecule has 0 radical (unpaired) electrons. The summed E-state index contributed by atoms with van der Waals surface area (Å²) in [7, 11) is 0. The molecule has 2 unspecified atom stereocenters. The van der Waals surface area contributed by atoms with Gasteiger partial charge in [-0.05, 0) is 84.0 Å². The van der Waals surface area contributed by atoms with Crippen molar-refractivity contribution in [3.05, 3.63) is 125 Å². The van der Waals surface area contributed by atoms with E-state index in [0.29, 0.717) is 37.5 Å². The van der Waals surface area contributed by atoms with Crippen LogP contribution in [-0.2, 0) is 16.1 Å². The molecule has 10 heteroatoms. The molecule has 54 heavy (non-hydrogen) atoms. The van der Waals surface area contributed by atoms with Crippen molar-refractivity contribution in [1.82, 2.24) is 20.0 Å². The van der Waals surface area contributed by atoms with E-state index in [9.17, 15) is 19.5 Å². The summed E-state index contributed by atoms with van der Waals surface area (Å²) in [6.45, 7) is 10.2. The molecular weight excluding hydrogens is 681 g/mol. The lowest BCUT2D eigenvalue weighted by molar-refractivity contribution is -0.136. The van der Waals surface area contributed by atoms with Crippen molar-refractivity contribution in [2.45, 2.75) is 51.7 Å². The Bertz CT molecular complexity index is 1990. The number of nitrogens with zero attached hydrogens (tertiary/aromatic N) is 3. The van der Waals surface area contributed by atoms with E-state index in [4.69, 9.17) is 9.47 Å². The predicted octanol–water partition coefficient (Wildman–Crippen LogP) is 5.99. The van der Waals surface area contributed by atoms with Gasteiger partial charge in [-0.1, -0.05) is 67.6 Å². The highest BCUT2D eigenvalue weighted by molar-refractivity contribution is 6.05. The number of nitrogens with one attached hydrogen (secondary N) is 1. The molecule has 280 valence electrons. The van der Waals surface area contributed by atoms with Crippen LogP contribution in [0.15, 0.2) is 97.1 Å². The number of carbonyl (C=O) groups excluding carboxylic acids is 3. The number of piperazine rings is 1. The summed E-state index contributed by atoms with van der Waals surface area (Å²) in [5.74, 6) is 0.842. The van der Waals surface area contributed by atoms with Crippen molar-refractivity contribution in [2.24, 2.45) is 0 Å². The second kappa shape index (κ2) is 16.7. The first kappa shape index (κ1) is 36.9. The topological polar surface area (TPSA) is 112 Å². The number of rotatable bonds is 13. The third-order valence-corrected chi connectivity index (χ3v) is 10.8. The molecule has 0 aromatic heterocycles. The molecule has 0 spiro atoms. The van der Waals surface area contributed by atoms with Crippen LogP contribution in [0.1, 0.15) is 65.7 Å². The summed E-state index contributed by atoms with van der Waals surface area (Å²) < 4.78 is 12.5. The fourth-order valence-corrected chi connectivity index (χ4v) is 7.75. The minimum absolute atomic E-state index is 0.197. The van der Waals surface area contributed by atoms with Crippen LogP contribution >= 0.6 is 0 Å². The predicted molar refractivity (Wildman–Crippen MR) is 208 cm³/mol. The first-order valence-corrected chi connectivity index (χ1v) is 19.0. The van der Waals surface area contributed by atoms with Crippen LogP contribution in [0.25, 0.3) is 11.1 Å². The van der Waals surface area contributed by atoms with Gasteiger partial charge < -0.3 is 19.5 Å². The molecule has 4 aromatic carbocycles. The fraction of sp³-hybridized carbons (Fsp3) is 0.341. The van der Waals surface area contributed by atoms with Gasteiger partial charge in [-0.2, -0.15) is 0 Å². The summed E-state index contributed by atoms with van der Waals surface area (Å²) in [6, 6.07) is 31.3. The van der Waals surface area contributed by atoms with E-state index in [1.807, 2.05) is 42.5 Å². The van der Waals surface area contributed by atoms with E-state index in [1.54, 1.807) is 23.1 Å². The van der Waals surface area contributed by atoms with Crippen molar-refractivity contribution in [3.63, 3.8) is 0 Å². The lowest BCUT2D eigenvalue weighted by atomic mass is 9.88. The van der Waals surface area contributed by atoms with Gasteiger partial charge >= 0.3 is 0 Å². The van der Waals surface area contributed by atoms with Crippen molar-refractivity contribution in [1.29, 1.82) is 0 Å². The molecule has 3 heterocycles. The molecule has 4 aromatic rings. The van der Waals surface area contributed by atoms with Crippen molar-refractivity contribution in [3.8, 4) is 17.2 Å². The largest absolute Gasteiger partial charge is 0.508 e. The van der Waals surface area contributed by atoms with Crippen LogP contribution in [0.3, 0.4) is 0 Å². The quantitative estimate of drug-likeness (QED) is 0.128. The first-order valence-electron chi connectivity index (χ1n) is 19.0. The SMILES string of the molecule is CC/C(=C(\c1ccc(O)cc1)c1ccc(OCC(C)N2CCN(CCOc3cccc4c3CN(C3CCC(=O)NC3=O)C4=O)CC2)cc1)c1ccccc1. The highest BCUT2D eigenvalue weighted by Gasteiger charge is 2.40. The maximum Gasteiger partial charge on any atom is 0.255 e. The second-order valence-electron chi connectivity index (χ2n) is 14.2. The minimum Gasteiger partial charge on any atom is -0.508 e. The van der Waals surface area contributed by atoms with E-state index < -0.39 is 11.9 Å². The lowest BCUT2D eigenvalue weighted by Crippen LogP contribution is -2.52. The van der Waals surface area contributed by atoms with Crippen molar-refractivity contribution < 1.29 is 29.0 Å². The van der Waals surface area contributed by atoms with Gasteiger partial charge in [-0.25, -0.2) is 0 Å². The van der Waals surface area contributed by atoms with Crippen molar-refractivity contribution >= 4 is 28.9 Å². The third kappa shape index (κ3) is 8.20. The van der Waals surface area contributed by atoms with Gasteiger partial charge in [0.05, 0.1) is 6.54 Å². The number of phenols is 1. The summed E-state index contributed by atoms with van der Waals surface area (Å²) in [5.41, 5.74) is 7.08. The van der Waals surface area contributed by atoms with Gasteiger partial charge in [-0.15, -0.1) is 0 Å². The first-order chi connectivity index (χ1) is 26.3. The molecular formula is C44H48N4O6. The highest BCUT2D eigenvalue weighted by atomic mass is 16.5. The van der Waals surface area contributed by atoms with Gasteiger partial charge in [0, 0.05) is 56.3 Å². The average Bonchev–Trinajstić information content (AvgIpc) is 3.53. The van der Waals surface area contributed by atoms with Crippen LogP contribution in [-0.4, -0.2) is 95.5 Å². The van der Waals surface area contributed by atoms with E-state index in [-0.39, 0.29) is 30.0 Å². The number of imide groups is 1. The Morgan fingerprint density at radius 1 is 0.833 bits per heavy atom. The second-order valence-corrected chi connectivity index (χ2v) is 14.2. The highest BCUT2D eigenvalue weighted by Crippen LogP contribution is 2.36. The number of aromatic hydroxyl groups is 1. The average molecular weight is 729 g/mol. The molecule has 3 aliphatic rings. The maximum absolute atomic E-state index is 13.2. The van der Waals surface area contributed by atoms with Gasteiger partial charge in [0.1, 0.15) is 36.5 Å². The Morgan fingerprint density at radius 3 is 2.22 bits per heavy atom. The lowest BCUT2D eigenvalue weighted by Gasteiger charge is -2.37. The number of phenolic OH excluding ortho intramolecular Hbond substituents is 1. The van der Waals surface area contributed by atoms with Gasteiger partial charge in [-0.3, -0.25) is 29.5 Å². The number of allylic oxidation sites excluding steroid dienone is 1. The van der Waals surface area contributed by atoms with Crippen LogP contribution < -0.4 is 14.8 Å². The molecule has 2 saturated heterocycles. The molecule has 3 aliphatic heterocycles. The van der Waals surface area contributed by atoms with E-state index in [1.165, 1.54) is 11.1 Å². The zero-order valence-corrected chi connectivity index (χ0v) is 31.0. The molecule has 0 aliphatic carbocycles. The third-order valence-electron chi connectivity index (χ3n) is 10.8. The van der Waals surface area contributed by atoms with Crippen LogP contribution in [0.2, 0.25) is 0 Å². The van der Waals surface area contributed by atoms with E-state index in [2.05, 4.69) is 65.4 Å². The minimum atomic E-state index is -0.646. The fourth-order valence-electron chi connectivity index (χ4n) is 7.75. The molecule has 7 rings (SSSR count). The number of benzene rings is 4. The number of fused-ring (bicyclic) bond motifs is 1. The van der Waals surface area contributed by atoms with Gasteiger partial charge in [0.15, 0.2) is 0 Å². The van der Waals surface area contributed by atoms with Crippen LogP contribution in [0.4, 0.5) is 0 Å². The van der Waals surface area contributed by atoms with Gasteiger partial charge in [0.25, 0.3) is 5.91 Å². The Balaban J connectivity index is 0.894. The summed E-state index contributed by atoms with van der Waals surface area (Å²) in [5, 5.41) is 12.3. The molecule has 0 bridgehead atoms. The number of carbonyl (C=O) groups is 3. The number of amides is 3. The smallest absolute Gasteiger partial charge is 0.255 e. The summed E-state index contributed by atoms with van der Waals surface area (Å²) >= 11 is 0. The number of piperidine rings is 1. The molecule has 2 atom stereocenters. The monoisotopic (exact) mass is 728 g/mol. The van der Waals surface area contributed by atoms with Gasteiger partial charge in [0.2, 0.25) is 11.8 Å². The number of hydrogen-bond donors (Lipinski definition) is 2. The maximum atomic E-state index is 13.2. The molecule has 3 amide bonds. The zero-order chi connectivity index (χ0) is 37.6. The van der Waals surface area contributed by atoms with Crippen LogP contribution in [0.5, 0.6) is 17.2 Å². The van der Waals surface area contributed by atoms with E-state index >= 15 is 0 Å². The standard InChI is InChI=1S/C44H48N4O6/c1-3-36(31-8-5-4-6-9-31)42(32-12-16-34(49)17-13-32)33-14-18-35(19-15-33)54-29-30(2)47-24-22-46(23-25-47)26-27-53-40-11-7-10-37-38(40)28-48(44(37)52)39-20-21-41(50)45-43(39)51/h4-19,30,39,49H,3,20-29H2,1-2H3,(H,45,50,51)/b42-36-. The normalized spacial score (nSPS) is 18.9. The Labute approximate surface area is 317 Å². The Hall–Kier alpha value is -5.45. The Morgan fingerprint density at radius 2 is 1.54 bits per heavy atom. The number of ether oxygens (including phenoxy) is 2. The number of hydrogen-bond acceptors (Lipinski definition) is 8. The summed E-state index contributed by atoms with van der Waals surface area (Å²) in [6.07, 6.45) is 1.42. The molecule has 2 N–H and O–H groups in total. The zero-order valence-electron chi connectivity index (χ0n) is 31.0. The summed E-state index contributed by atoms with van der Waals surface area (Å²) in [4.78, 5) is 43.6.